The number of aryl methyl sites for hydroxylation is 2. The maximum Gasteiger partial charge on any atom is 0.226 e. The molecule has 0 spiro atoms. The molecule has 2 aromatic rings. The molecule has 1 aliphatic rings. The summed E-state index contributed by atoms with van der Waals surface area (Å²) in [4.78, 5) is 16.2. The van der Waals surface area contributed by atoms with Gasteiger partial charge in [0.25, 0.3) is 0 Å². The van der Waals surface area contributed by atoms with Gasteiger partial charge in [-0.2, -0.15) is 0 Å². The molecule has 122 valence electrons. The van der Waals surface area contributed by atoms with Crippen molar-refractivity contribution >= 4 is 5.78 Å². The number of hydrogen-bond acceptors (Lipinski definition) is 4. The molecule has 1 fully saturated rings. The van der Waals surface area contributed by atoms with Crippen molar-refractivity contribution in [1.82, 2.24) is 4.98 Å². The number of carbonyl (C=O) groups excluding carboxylic acids is 1. The van der Waals surface area contributed by atoms with Crippen molar-refractivity contribution in [2.45, 2.75) is 46.1 Å². The van der Waals surface area contributed by atoms with Gasteiger partial charge in [-0.05, 0) is 49.8 Å². The van der Waals surface area contributed by atoms with E-state index in [9.17, 15) is 4.79 Å². The fraction of sp³-hybridized carbons (Fsp3) is 0.474. The van der Waals surface area contributed by atoms with Gasteiger partial charge in [0.05, 0.1) is 6.61 Å². The van der Waals surface area contributed by atoms with E-state index < -0.39 is 0 Å². The fourth-order valence-corrected chi connectivity index (χ4v) is 2.53. The van der Waals surface area contributed by atoms with Crippen LogP contribution < -0.4 is 0 Å². The lowest BCUT2D eigenvalue weighted by atomic mass is 10.1. The normalized spacial score (nSPS) is 14.2. The number of oxazole rings is 1. The van der Waals surface area contributed by atoms with Crippen molar-refractivity contribution < 1.29 is 13.9 Å². The van der Waals surface area contributed by atoms with E-state index in [1.165, 1.54) is 18.4 Å². The Balaban J connectivity index is 1.57. The van der Waals surface area contributed by atoms with Crippen molar-refractivity contribution in [1.29, 1.82) is 0 Å². The molecule has 0 unspecified atom stereocenters. The lowest BCUT2D eigenvalue weighted by molar-refractivity contribution is -0.124. The zero-order valence-corrected chi connectivity index (χ0v) is 13.8. The molecule has 0 atom stereocenters. The van der Waals surface area contributed by atoms with Crippen molar-refractivity contribution in [2.75, 3.05) is 6.61 Å². The third-order valence-corrected chi connectivity index (χ3v) is 4.22. The Kier molecular flexibility index (Phi) is 4.91. The van der Waals surface area contributed by atoms with Crippen LogP contribution in [0.15, 0.2) is 28.7 Å². The Bertz CT molecular complexity index is 668. The Morgan fingerprint density at radius 1 is 1.30 bits per heavy atom. The fourth-order valence-electron chi connectivity index (χ4n) is 2.53. The molecule has 23 heavy (non-hydrogen) atoms. The number of benzene rings is 1. The minimum Gasteiger partial charge on any atom is -0.441 e. The highest BCUT2D eigenvalue weighted by Gasteiger charge is 2.24. The highest BCUT2D eigenvalue weighted by Crippen LogP contribution is 2.32. The molecule has 4 nitrogen and oxygen atoms in total. The molecule has 0 saturated heterocycles. The molecule has 0 aliphatic heterocycles. The van der Waals surface area contributed by atoms with Gasteiger partial charge in [0.2, 0.25) is 5.89 Å². The first-order chi connectivity index (χ1) is 11.2. The molecule has 4 heteroatoms. The van der Waals surface area contributed by atoms with Gasteiger partial charge in [-0.25, -0.2) is 4.98 Å². The van der Waals surface area contributed by atoms with Crippen LogP contribution in [0.5, 0.6) is 0 Å². The molecule has 0 amide bonds. The Hall–Kier alpha value is -1.94. The van der Waals surface area contributed by atoms with Crippen LogP contribution in [0.3, 0.4) is 0 Å². The Morgan fingerprint density at radius 3 is 2.70 bits per heavy atom. The zero-order valence-electron chi connectivity index (χ0n) is 13.8. The molecule has 1 aromatic carbocycles. The highest BCUT2D eigenvalue weighted by atomic mass is 16.5. The molecule has 0 N–H and O–H groups in total. The number of aromatic nitrogens is 1. The Labute approximate surface area is 136 Å². The van der Waals surface area contributed by atoms with Gasteiger partial charge >= 0.3 is 0 Å². The molecule has 3 rings (SSSR count). The van der Waals surface area contributed by atoms with Gasteiger partial charge in [0, 0.05) is 12.0 Å². The number of Topliss-reactive ketones (excluding diaryl/α,β-unsaturated/α-hetero) is 1. The zero-order chi connectivity index (χ0) is 16.2. The lowest BCUT2D eigenvalue weighted by Gasteiger charge is -2.01. The molecule has 0 radical (unpaired) electrons. The van der Waals surface area contributed by atoms with Crippen LogP contribution in [-0.4, -0.2) is 17.4 Å². The number of nitrogens with zero attached hydrogens (tertiary/aromatic N) is 1. The highest BCUT2D eigenvalue weighted by molar-refractivity contribution is 5.80. The summed E-state index contributed by atoms with van der Waals surface area (Å²) in [5.41, 5.74) is 3.01. The van der Waals surface area contributed by atoms with Crippen molar-refractivity contribution in [2.24, 2.45) is 5.92 Å². The van der Waals surface area contributed by atoms with Crippen molar-refractivity contribution in [3.8, 4) is 11.5 Å². The number of ether oxygens (including phenoxy) is 1. The summed E-state index contributed by atoms with van der Waals surface area (Å²) in [5.74, 6) is 2.14. The van der Waals surface area contributed by atoms with E-state index in [2.05, 4.69) is 24.0 Å². The van der Waals surface area contributed by atoms with E-state index in [-0.39, 0.29) is 12.4 Å². The van der Waals surface area contributed by atoms with Crippen LogP contribution in [0, 0.1) is 12.8 Å². The summed E-state index contributed by atoms with van der Waals surface area (Å²) in [6.07, 6.45) is 4.05. The predicted octanol–water partition coefficient (Wildman–Crippen LogP) is 4.10. The first-order valence-electron chi connectivity index (χ1n) is 8.30. The maximum atomic E-state index is 11.7. The quantitative estimate of drug-likeness (QED) is 0.736. The number of rotatable bonds is 8. The topological polar surface area (TPSA) is 52.3 Å². The van der Waals surface area contributed by atoms with Crippen molar-refractivity contribution in [3.63, 3.8) is 0 Å². The second-order valence-corrected chi connectivity index (χ2v) is 6.25. The minimum absolute atomic E-state index is 0.170. The van der Waals surface area contributed by atoms with Gasteiger partial charge in [-0.1, -0.05) is 19.1 Å². The smallest absolute Gasteiger partial charge is 0.226 e. The van der Waals surface area contributed by atoms with Gasteiger partial charge < -0.3 is 9.15 Å². The third kappa shape index (κ3) is 4.29. The summed E-state index contributed by atoms with van der Waals surface area (Å²) in [7, 11) is 0. The second kappa shape index (κ2) is 7.09. The van der Waals surface area contributed by atoms with E-state index in [1.54, 1.807) is 0 Å². The van der Waals surface area contributed by atoms with Crippen LogP contribution >= 0.6 is 0 Å². The first kappa shape index (κ1) is 15.9. The van der Waals surface area contributed by atoms with E-state index >= 15 is 0 Å². The second-order valence-electron chi connectivity index (χ2n) is 6.25. The molecule has 1 heterocycles. The summed E-state index contributed by atoms with van der Waals surface area (Å²) in [6, 6.07) is 8.21. The van der Waals surface area contributed by atoms with Crippen LogP contribution in [0.25, 0.3) is 11.5 Å². The largest absolute Gasteiger partial charge is 0.441 e. The molecular formula is C19H23NO3. The van der Waals surface area contributed by atoms with E-state index in [0.717, 1.165) is 23.4 Å². The molecule has 0 bridgehead atoms. The standard InChI is InChI=1S/C19H23NO3/c1-3-14-6-8-16(9-7-14)19-20-18(13(2)23-19)12-22-11-17(21)10-15-4-5-15/h6-9,15H,3-5,10-12H2,1-2H3. The van der Waals surface area contributed by atoms with Gasteiger partial charge in [0.1, 0.15) is 18.1 Å². The lowest BCUT2D eigenvalue weighted by Crippen LogP contribution is -2.09. The van der Waals surface area contributed by atoms with E-state index in [4.69, 9.17) is 9.15 Å². The molecule has 1 aromatic heterocycles. The van der Waals surface area contributed by atoms with Gasteiger partial charge in [-0.15, -0.1) is 0 Å². The minimum atomic E-state index is 0.170. The molecule has 1 saturated carbocycles. The summed E-state index contributed by atoms with van der Waals surface area (Å²) >= 11 is 0. The Morgan fingerprint density at radius 2 is 2.04 bits per heavy atom. The number of hydrogen-bond donors (Lipinski definition) is 0. The first-order valence-corrected chi connectivity index (χ1v) is 8.30. The van der Waals surface area contributed by atoms with Crippen LogP contribution in [-0.2, 0) is 22.6 Å². The average molecular weight is 313 g/mol. The van der Waals surface area contributed by atoms with Crippen LogP contribution in [0.2, 0.25) is 0 Å². The van der Waals surface area contributed by atoms with Crippen molar-refractivity contribution in [3.05, 3.63) is 41.3 Å². The summed E-state index contributed by atoms with van der Waals surface area (Å²) < 4.78 is 11.2. The van der Waals surface area contributed by atoms with Crippen LogP contribution in [0.4, 0.5) is 0 Å². The summed E-state index contributed by atoms with van der Waals surface area (Å²) in [5, 5.41) is 0. The molecular weight excluding hydrogens is 290 g/mol. The predicted molar refractivity (Wildman–Crippen MR) is 88.1 cm³/mol. The average Bonchev–Trinajstić information content (AvgIpc) is 3.29. The maximum absolute atomic E-state index is 11.7. The SMILES string of the molecule is CCc1ccc(-c2nc(COCC(=O)CC3CC3)c(C)o2)cc1. The van der Waals surface area contributed by atoms with Gasteiger partial charge in [0.15, 0.2) is 5.78 Å². The van der Waals surface area contributed by atoms with E-state index in [0.29, 0.717) is 24.8 Å². The van der Waals surface area contributed by atoms with Crippen LogP contribution in [0.1, 0.15) is 43.2 Å². The molecule has 1 aliphatic carbocycles. The monoisotopic (exact) mass is 313 g/mol. The number of ketones is 1. The summed E-state index contributed by atoms with van der Waals surface area (Å²) in [6.45, 7) is 4.49. The van der Waals surface area contributed by atoms with E-state index in [1.807, 2.05) is 19.1 Å². The third-order valence-electron chi connectivity index (χ3n) is 4.22. The number of carbonyl (C=O) groups is 1. The van der Waals surface area contributed by atoms with Gasteiger partial charge in [-0.3, -0.25) is 4.79 Å².